The number of rotatable bonds is 6. The van der Waals surface area contributed by atoms with Crippen LogP contribution in [0.15, 0.2) is 30.3 Å². The van der Waals surface area contributed by atoms with Gasteiger partial charge in [-0.25, -0.2) is 0 Å². The van der Waals surface area contributed by atoms with Crippen molar-refractivity contribution in [2.45, 2.75) is 48.4 Å². The molecule has 7 nitrogen and oxygen atoms in total. The molecule has 3 saturated heterocycles. The predicted molar refractivity (Wildman–Crippen MR) is 110 cm³/mol. The van der Waals surface area contributed by atoms with E-state index >= 15 is 0 Å². The van der Waals surface area contributed by atoms with E-state index in [0.29, 0.717) is 6.54 Å². The molecule has 0 aliphatic carbocycles. The lowest BCUT2D eigenvalue weighted by molar-refractivity contribution is -0.142. The van der Waals surface area contributed by atoms with Crippen molar-refractivity contribution in [1.29, 1.82) is 0 Å². The number of nitrogens with one attached hydrogen (secondary N) is 2. The second-order valence-electron chi connectivity index (χ2n) is 8.15. The Hall–Kier alpha value is -2.06. The maximum atomic E-state index is 13.4. The summed E-state index contributed by atoms with van der Waals surface area (Å²) in [6.07, 6.45) is 1.54. The Morgan fingerprint density at radius 1 is 1.31 bits per heavy atom. The van der Waals surface area contributed by atoms with Crippen molar-refractivity contribution < 1.29 is 19.5 Å². The van der Waals surface area contributed by atoms with E-state index in [9.17, 15) is 19.5 Å². The summed E-state index contributed by atoms with van der Waals surface area (Å²) in [7, 11) is 1.59. The van der Waals surface area contributed by atoms with Gasteiger partial charge in [-0.15, -0.1) is 11.8 Å². The Kier molecular flexibility index (Phi) is 5.33. The molecule has 2 bridgehead atoms. The topological polar surface area (TPSA) is 98.7 Å². The number of aliphatic hydroxyl groups is 1. The zero-order valence-corrected chi connectivity index (χ0v) is 17.4. The lowest BCUT2D eigenvalue weighted by atomic mass is 9.71. The van der Waals surface area contributed by atoms with Gasteiger partial charge in [-0.3, -0.25) is 14.4 Å². The first kappa shape index (κ1) is 20.2. The number of amides is 3. The summed E-state index contributed by atoms with van der Waals surface area (Å²) < 4.78 is -0.608. The zero-order valence-electron chi connectivity index (χ0n) is 16.6. The summed E-state index contributed by atoms with van der Waals surface area (Å²) in [6.45, 7) is 1.90. The van der Waals surface area contributed by atoms with E-state index < -0.39 is 28.7 Å². The lowest BCUT2D eigenvalue weighted by Crippen LogP contribution is -2.55. The summed E-state index contributed by atoms with van der Waals surface area (Å²) in [5.74, 6) is -1.48. The summed E-state index contributed by atoms with van der Waals surface area (Å²) in [4.78, 5) is 40.9. The summed E-state index contributed by atoms with van der Waals surface area (Å²) in [5, 5.41) is 15.5. The van der Waals surface area contributed by atoms with Crippen LogP contribution in [-0.4, -0.2) is 63.5 Å². The molecule has 3 aliphatic heterocycles. The highest BCUT2D eigenvalue weighted by Gasteiger charge is 2.73. The minimum atomic E-state index is -0.685. The first-order valence-electron chi connectivity index (χ1n) is 10.1. The van der Waals surface area contributed by atoms with E-state index in [4.69, 9.17) is 0 Å². The van der Waals surface area contributed by atoms with Crippen molar-refractivity contribution in [3.8, 4) is 0 Å². The highest BCUT2D eigenvalue weighted by Crippen LogP contribution is 2.66. The predicted octanol–water partition coefficient (Wildman–Crippen LogP) is 0.521. The number of carbonyl (C=O) groups is 3. The van der Waals surface area contributed by atoms with Gasteiger partial charge in [0.2, 0.25) is 17.7 Å². The Morgan fingerprint density at radius 2 is 2.03 bits per heavy atom. The van der Waals surface area contributed by atoms with Gasteiger partial charge in [0.1, 0.15) is 6.04 Å². The molecule has 6 atom stereocenters. The van der Waals surface area contributed by atoms with E-state index in [-0.39, 0.29) is 29.6 Å². The van der Waals surface area contributed by atoms with Crippen LogP contribution in [0.1, 0.15) is 25.3 Å². The molecule has 1 aromatic rings. The Morgan fingerprint density at radius 3 is 2.69 bits per heavy atom. The van der Waals surface area contributed by atoms with Crippen LogP contribution in [0.4, 0.5) is 0 Å². The average molecular weight is 418 g/mol. The van der Waals surface area contributed by atoms with Gasteiger partial charge in [-0.2, -0.15) is 0 Å². The maximum Gasteiger partial charge on any atom is 0.244 e. The highest BCUT2D eigenvalue weighted by molar-refractivity contribution is 8.02. The van der Waals surface area contributed by atoms with Gasteiger partial charge in [0.25, 0.3) is 0 Å². The third-order valence-electron chi connectivity index (χ3n) is 6.58. The first-order chi connectivity index (χ1) is 13.9. The first-order valence-corrected chi connectivity index (χ1v) is 11.0. The number of nitrogens with zero attached hydrogens (tertiary/aromatic N) is 1. The number of hydrogen-bond acceptors (Lipinski definition) is 5. The van der Waals surface area contributed by atoms with Crippen LogP contribution >= 0.6 is 11.8 Å². The molecule has 4 rings (SSSR count). The molecule has 8 heteroatoms. The largest absolute Gasteiger partial charge is 0.394 e. The van der Waals surface area contributed by atoms with Gasteiger partial charge in [0, 0.05) is 18.8 Å². The minimum absolute atomic E-state index is 0.0555. The summed E-state index contributed by atoms with van der Waals surface area (Å²) in [6, 6.07) is 8.45. The van der Waals surface area contributed by atoms with Crippen LogP contribution in [0.2, 0.25) is 0 Å². The molecular weight excluding hydrogens is 390 g/mol. The molecular formula is C21H27N3O4S. The number of hydrogen-bond donors (Lipinski definition) is 3. The number of carbonyl (C=O) groups excluding carboxylic acids is 3. The van der Waals surface area contributed by atoms with Crippen molar-refractivity contribution >= 4 is 29.5 Å². The maximum absolute atomic E-state index is 13.4. The van der Waals surface area contributed by atoms with Crippen molar-refractivity contribution in [1.82, 2.24) is 15.5 Å². The number of aliphatic hydroxyl groups excluding tert-OH is 1. The van der Waals surface area contributed by atoms with E-state index in [1.807, 2.05) is 30.3 Å². The number of thioether (sulfide) groups is 1. The van der Waals surface area contributed by atoms with Gasteiger partial charge in [-0.05, 0) is 25.3 Å². The average Bonchev–Trinajstić information content (AvgIpc) is 3.39. The molecule has 3 fully saturated rings. The summed E-state index contributed by atoms with van der Waals surface area (Å²) >= 11 is 1.63. The highest BCUT2D eigenvalue weighted by atomic mass is 32.2. The molecule has 3 amide bonds. The minimum Gasteiger partial charge on any atom is -0.394 e. The molecule has 1 aromatic carbocycles. The smallest absolute Gasteiger partial charge is 0.244 e. The normalized spacial score (nSPS) is 33.5. The van der Waals surface area contributed by atoms with Crippen molar-refractivity contribution in [2.75, 3.05) is 13.7 Å². The lowest BCUT2D eigenvalue weighted by Gasteiger charge is -2.36. The molecule has 0 radical (unpaired) electrons. The zero-order chi connectivity index (χ0) is 20.8. The molecule has 0 aromatic heterocycles. The Balaban J connectivity index is 1.66. The second kappa shape index (κ2) is 7.65. The SMILES string of the molecule is CNC(=O)[C@@H]1[C@H]2C(=O)N([C@H](C)CO)C(C(=O)NCc3ccccc3)C23CC[C@H]1S3. The second-order valence-corrected chi connectivity index (χ2v) is 9.75. The standard InChI is InChI=1S/C21H27N3O4S/c1-12(11-25)24-17(19(27)23-10-13-6-4-3-5-7-13)21-9-8-14(29-21)15(18(26)22-2)16(21)20(24)28/h3-7,12,14-17,25H,8-11H2,1-2H3,(H,22,26)(H,23,27)/t12-,14-,15+,16+,17?,21?/m1/s1. The van der Waals surface area contributed by atoms with Crippen LogP contribution in [0.3, 0.4) is 0 Å². The molecule has 29 heavy (non-hydrogen) atoms. The van der Waals surface area contributed by atoms with Gasteiger partial charge < -0.3 is 20.6 Å². The Bertz CT molecular complexity index is 819. The van der Waals surface area contributed by atoms with Crippen LogP contribution in [0.5, 0.6) is 0 Å². The Labute approximate surface area is 174 Å². The van der Waals surface area contributed by atoms with Crippen molar-refractivity contribution in [2.24, 2.45) is 11.8 Å². The molecule has 3 N–H and O–H groups in total. The van der Waals surface area contributed by atoms with Crippen LogP contribution in [-0.2, 0) is 20.9 Å². The van der Waals surface area contributed by atoms with Gasteiger partial charge in [0.05, 0.1) is 29.2 Å². The van der Waals surface area contributed by atoms with Crippen molar-refractivity contribution in [3.05, 3.63) is 35.9 Å². The van der Waals surface area contributed by atoms with E-state index in [1.165, 1.54) is 4.90 Å². The fraction of sp³-hybridized carbons (Fsp3) is 0.571. The quantitative estimate of drug-likeness (QED) is 0.627. The van der Waals surface area contributed by atoms with Crippen LogP contribution in [0, 0.1) is 11.8 Å². The molecule has 3 aliphatic rings. The third kappa shape index (κ3) is 3.04. The number of benzene rings is 1. The van der Waals surface area contributed by atoms with Crippen molar-refractivity contribution in [3.63, 3.8) is 0 Å². The summed E-state index contributed by atoms with van der Waals surface area (Å²) in [5.41, 5.74) is 0.979. The molecule has 3 heterocycles. The number of likely N-dealkylation sites (tertiary alicyclic amines) is 1. The molecule has 1 spiro atoms. The third-order valence-corrected chi connectivity index (χ3v) is 8.54. The molecule has 2 unspecified atom stereocenters. The van der Waals surface area contributed by atoms with E-state index in [2.05, 4.69) is 10.6 Å². The van der Waals surface area contributed by atoms with E-state index in [1.54, 1.807) is 25.7 Å². The molecule has 156 valence electrons. The van der Waals surface area contributed by atoms with Gasteiger partial charge >= 0.3 is 0 Å². The fourth-order valence-electron chi connectivity index (χ4n) is 5.30. The van der Waals surface area contributed by atoms with Gasteiger partial charge in [-0.1, -0.05) is 30.3 Å². The fourth-order valence-corrected chi connectivity index (χ4v) is 7.51. The monoisotopic (exact) mass is 417 g/mol. The van der Waals surface area contributed by atoms with E-state index in [0.717, 1.165) is 18.4 Å². The van der Waals surface area contributed by atoms with Crippen LogP contribution < -0.4 is 10.6 Å². The molecule has 0 saturated carbocycles. The number of fused-ring (bicyclic) bond motifs is 1. The van der Waals surface area contributed by atoms with Crippen LogP contribution in [0.25, 0.3) is 0 Å². The van der Waals surface area contributed by atoms with Gasteiger partial charge in [0.15, 0.2) is 0 Å².